The van der Waals surface area contributed by atoms with E-state index >= 15 is 0 Å². The minimum atomic E-state index is -0.623. The van der Waals surface area contributed by atoms with Gasteiger partial charge < -0.3 is 34.3 Å². The van der Waals surface area contributed by atoms with Crippen molar-refractivity contribution in [2.75, 3.05) is 64.1 Å². The van der Waals surface area contributed by atoms with Gasteiger partial charge in [-0.05, 0) is 119 Å². The van der Waals surface area contributed by atoms with Gasteiger partial charge in [0.25, 0.3) is 0 Å². The highest BCUT2D eigenvalue weighted by Crippen LogP contribution is 2.35. The molecule has 0 bridgehead atoms. The van der Waals surface area contributed by atoms with Crippen LogP contribution < -0.4 is 15.0 Å². The normalized spacial score (nSPS) is 12.9. The predicted molar refractivity (Wildman–Crippen MR) is 236 cm³/mol. The highest BCUT2D eigenvalue weighted by molar-refractivity contribution is 5.99. The van der Waals surface area contributed by atoms with E-state index in [-0.39, 0.29) is 26.4 Å². The van der Waals surface area contributed by atoms with Gasteiger partial charge in [0, 0.05) is 55.2 Å². The van der Waals surface area contributed by atoms with Crippen LogP contribution >= 0.6 is 0 Å². The molecule has 16 heteroatoms. The van der Waals surface area contributed by atoms with Gasteiger partial charge in [0.15, 0.2) is 17.5 Å². The molecule has 0 atom stereocenters. The Balaban J connectivity index is 1.18. The summed E-state index contributed by atoms with van der Waals surface area (Å²) in [6.45, 7) is 9.95. The molecule has 16 nitrogen and oxygen atoms in total. The monoisotopic (exact) mass is 842 g/mol. The molecule has 62 heavy (non-hydrogen) atoms. The van der Waals surface area contributed by atoms with E-state index in [2.05, 4.69) is 10.2 Å². The van der Waals surface area contributed by atoms with Crippen molar-refractivity contribution in [3.63, 3.8) is 0 Å². The van der Waals surface area contributed by atoms with Crippen LogP contribution in [0.5, 0.6) is 5.75 Å². The Morgan fingerprint density at radius 2 is 1.03 bits per heavy atom. The van der Waals surface area contributed by atoms with E-state index in [1.54, 1.807) is 57.2 Å². The molecule has 0 amide bonds. The van der Waals surface area contributed by atoms with Gasteiger partial charge in [-0.1, -0.05) is 6.42 Å². The number of carbonyl (C=O) groups excluding carboxylic acids is 3. The minimum Gasteiger partial charge on any atom is -0.494 e. The Kier molecular flexibility index (Phi) is 12.8. The molecule has 2 N–H and O–H groups in total. The summed E-state index contributed by atoms with van der Waals surface area (Å²) in [6.07, 6.45) is 1.83. The Hall–Kier alpha value is -6.78. The Bertz CT molecular complexity index is 2730. The number of fused-ring (bicyclic) bond motifs is 3. The van der Waals surface area contributed by atoms with Gasteiger partial charge in [0.1, 0.15) is 5.75 Å². The van der Waals surface area contributed by atoms with E-state index in [1.165, 1.54) is 13.7 Å². The van der Waals surface area contributed by atoms with Crippen LogP contribution in [0.2, 0.25) is 0 Å². The lowest BCUT2D eigenvalue weighted by molar-refractivity contribution is 0.154. The molecule has 1 fully saturated rings. The molecule has 1 aliphatic heterocycles. The highest BCUT2D eigenvalue weighted by Gasteiger charge is 2.26. The zero-order valence-corrected chi connectivity index (χ0v) is 35.1. The molecular formula is C46H50N8O8. The van der Waals surface area contributed by atoms with Gasteiger partial charge >= 0.3 is 18.3 Å². The minimum absolute atomic E-state index is 0.135. The molecule has 4 aromatic carbocycles. The molecule has 1 aliphatic rings. The van der Waals surface area contributed by atoms with Crippen LogP contribution in [0.25, 0.3) is 67.3 Å². The van der Waals surface area contributed by atoms with Gasteiger partial charge in [0.05, 0.1) is 59.5 Å². The third kappa shape index (κ3) is 8.43. The second-order valence-corrected chi connectivity index (χ2v) is 14.7. The number of aromatic nitrogens is 6. The number of imidazole rings is 3. The molecule has 0 aliphatic carbocycles. The maximum atomic E-state index is 13.7. The van der Waals surface area contributed by atoms with Crippen molar-refractivity contribution in [1.82, 2.24) is 34.0 Å². The lowest BCUT2D eigenvalue weighted by Gasteiger charge is -2.29. The third-order valence-corrected chi connectivity index (χ3v) is 10.7. The zero-order chi connectivity index (χ0) is 43.2. The summed E-state index contributed by atoms with van der Waals surface area (Å²) in [5.41, 5.74) is 5.99. The number of nitrogens with one attached hydrogen (secondary N) is 1. The van der Waals surface area contributed by atoms with Crippen molar-refractivity contribution in [3.05, 3.63) is 78.9 Å². The average Bonchev–Trinajstić information content (AvgIpc) is 3.99. The summed E-state index contributed by atoms with van der Waals surface area (Å²) in [5, 5.41) is 12.4. The van der Waals surface area contributed by atoms with Gasteiger partial charge in [-0.25, -0.2) is 43.0 Å². The summed E-state index contributed by atoms with van der Waals surface area (Å²) >= 11 is 0. The number of hydrogen-bond donors (Lipinski definition) is 2. The first-order valence-corrected chi connectivity index (χ1v) is 21.2. The Labute approximate surface area is 358 Å². The van der Waals surface area contributed by atoms with E-state index in [1.807, 2.05) is 42.5 Å². The highest BCUT2D eigenvalue weighted by atomic mass is 16.6. The number of piperazine rings is 1. The van der Waals surface area contributed by atoms with Gasteiger partial charge in [0.2, 0.25) is 0 Å². The number of nitrogens with zero attached hydrogens (tertiary/aromatic N) is 7. The van der Waals surface area contributed by atoms with Crippen molar-refractivity contribution in [2.24, 2.45) is 0 Å². The maximum Gasteiger partial charge on any atom is 0.420 e. The van der Waals surface area contributed by atoms with Crippen LogP contribution in [-0.4, -0.2) is 111 Å². The van der Waals surface area contributed by atoms with Crippen molar-refractivity contribution in [3.8, 4) is 39.9 Å². The number of aliphatic hydroxyl groups excluding tert-OH is 1. The summed E-state index contributed by atoms with van der Waals surface area (Å²) in [7, 11) is 0. The van der Waals surface area contributed by atoms with Crippen molar-refractivity contribution < 1.29 is 38.4 Å². The zero-order valence-electron chi connectivity index (χ0n) is 35.1. The Morgan fingerprint density at radius 1 is 0.581 bits per heavy atom. The molecule has 322 valence electrons. The number of hydrogen-bond acceptors (Lipinski definition) is 13. The molecular weight excluding hydrogens is 793 g/mol. The fourth-order valence-corrected chi connectivity index (χ4v) is 7.78. The second-order valence-electron chi connectivity index (χ2n) is 14.7. The van der Waals surface area contributed by atoms with Crippen molar-refractivity contribution in [1.29, 1.82) is 0 Å². The van der Waals surface area contributed by atoms with Crippen LogP contribution in [0.4, 0.5) is 20.1 Å². The molecule has 0 saturated carbocycles. The lowest BCUT2D eigenvalue weighted by atomic mass is 10.2. The number of anilines is 1. The second kappa shape index (κ2) is 18.9. The van der Waals surface area contributed by atoms with E-state index < -0.39 is 18.3 Å². The smallest absolute Gasteiger partial charge is 0.420 e. The summed E-state index contributed by atoms with van der Waals surface area (Å²) in [4.78, 5) is 57.8. The molecule has 0 spiro atoms. The molecule has 1 saturated heterocycles. The van der Waals surface area contributed by atoms with Crippen LogP contribution in [0.15, 0.2) is 78.9 Å². The number of benzene rings is 4. The van der Waals surface area contributed by atoms with E-state index in [0.717, 1.165) is 57.5 Å². The molecule has 4 heterocycles. The largest absolute Gasteiger partial charge is 0.494 e. The number of rotatable bonds is 14. The van der Waals surface area contributed by atoms with E-state index in [4.69, 9.17) is 39.0 Å². The quantitative estimate of drug-likeness (QED) is 0.0794. The lowest BCUT2D eigenvalue weighted by Crippen LogP contribution is -2.43. The summed E-state index contributed by atoms with van der Waals surface area (Å²) in [5.74, 6) is 1.73. The first-order valence-electron chi connectivity index (χ1n) is 21.2. The molecule has 3 aromatic heterocycles. The molecule has 7 aromatic rings. The molecule has 0 unspecified atom stereocenters. The maximum absolute atomic E-state index is 13.7. The molecule has 8 rings (SSSR count). The fourth-order valence-electron chi connectivity index (χ4n) is 7.78. The van der Waals surface area contributed by atoms with E-state index in [9.17, 15) is 14.4 Å². The van der Waals surface area contributed by atoms with Gasteiger partial charge in [-0.15, -0.1) is 0 Å². The van der Waals surface area contributed by atoms with Crippen molar-refractivity contribution in [2.45, 2.75) is 46.5 Å². The summed E-state index contributed by atoms with van der Waals surface area (Å²) in [6, 6.07) is 23.9. The van der Waals surface area contributed by atoms with Crippen LogP contribution in [0.3, 0.4) is 0 Å². The SMILES string of the molecule is CCOC(=O)n1c(-c2ccc(OCCCCCCO)cc2)nc2cc(-c3nc4cc(-c5nc6cc(N7CCNCC7)ccc6n5C(=O)OCC)ccc4n3C(=O)OCC)ccc21. The number of aliphatic hydroxyl groups is 1. The van der Waals surface area contributed by atoms with E-state index in [0.29, 0.717) is 79.6 Å². The van der Waals surface area contributed by atoms with Gasteiger partial charge in [-0.2, -0.15) is 0 Å². The first kappa shape index (κ1) is 41.9. The number of ether oxygens (including phenoxy) is 4. The average molecular weight is 843 g/mol. The van der Waals surface area contributed by atoms with Crippen LogP contribution in [0.1, 0.15) is 46.5 Å². The first-order chi connectivity index (χ1) is 30.3. The summed E-state index contributed by atoms with van der Waals surface area (Å²) < 4.78 is 26.7. The van der Waals surface area contributed by atoms with Crippen molar-refractivity contribution >= 4 is 57.1 Å². The third-order valence-electron chi connectivity index (χ3n) is 10.7. The fraction of sp³-hybridized carbons (Fsp3) is 0.348. The Morgan fingerprint density at radius 3 is 1.53 bits per heavy atom. The van der Waals surface area contributed by atoms with Crippen LogP contribution in [0, 0.1) is 0 Å². The molecule has 0 radical (unpaired) electrons. The topological polar surface area (TPSA) is 177 Å². The number of unbranched alkanes of at least 4 members (excludes halogenated alkanes) is 3. The van der Waals surface area contributed by atoms with Crippen LogP contribution in [-0.2, 0) is 14.2 Å². The standard InChI is InChI=1S/C46H50N8O8/c1-4-59-44(56)52-38-18-13-31(27-35(38)48-41(52)30-11-16-34(17-12-30)62-26-10-8-7-9-25-55)42-49-36-28-32(14-19-39(36)53(42)45(57)60-5-2)43-50-37-29-33(51-23-21-47-22-24-51)15-20-40(37)54(43)46(58)61-6-3/h11-20,27-29,47,55H,4-10,21-26H2,1-3H3. The number of carbonyl (C=O) groups is 3. The van der Waals surface area contributed by atoms with Gasteiger partial charge in [-0.3, -0.25) is 0 Å². The predicted octanol–water partition coefficient (Wildman–Crippen LogP) is 8.09.